The molecule has 0 atom stereocenters. The molecule has 0 aliphatic heterocycles. The summed E-state index contributed by atoms with van der Waals surface area (Å²) >= 11 is 7.17. The summed E-state index contributed by atoms with van der Waals surface area (Å²) in [6, 6.07) is 24.1. The van der Waals surface area contributed by atoms with Crippen LogP contribution in [-0.2, 0) is 9.53 Å². The number of carbonyl (C=O) groups excluding carboxylic acids is 1. The molecule has 2 aliphatic rings. The molecule has 3 aromatic rings. The molecular weight excluding hydrogens is 602 g/mol. The maximum atomic E-state index is 12.0. The van der Waals surface area contributed by atoms with Crippen LogP contribution in [0.1, 0.15) is 82.6 Å². The third-order valence-electron chi connectivity index (χ3n) is 9.39. The van der Waals surface area contributed by atoms with Gasteiger partial charge in [0.1, 0.15) is 6.10 Å². The Morgan fingerprint density at radius 2 is 1.43 bits per heavy atom. The van der Waals surface area contributed by atoms with Crippen LogP contribution in [0.2, 0.25) is 5.02 Å². The summed E-state index contributed by atoms with van der Waals surface area (Å²) in [5.74, 6) is -0.301. The second-order valence-electron chi connectivity index (χ2n) is 12.4. The van der Waals surface area contributed by atoms with Crippen LogP contribution in [0.3, 0.4) is 0 Å². The summed E-state index contributed by atoms with van der Waals surface area (Å²) < 4.78 is 5.62. The molecule has 6 heteroatoms. The Morgan fingerprint density at radius 3 is 2.02 bits per heavy atom. The molecule has 47 heavy (non-hydrogen) atoms. The van der Waals surface area contributed by atoms with Gasteiger partial charge in [-0.05, 0) is 113 Å². The van der Waals surface area contributed by atoms with Crippen LogP contribution in [0.15, 0.2) is 96.0 Å². The van der Waals surface area contributed by atoms with Gasteiger partial charge in [-0.1, -0.05) is 66.7 Å². The first-order valence-corrected chi connectivity index (χ1v) is 17.5. The predicted octanol–water partition coefficient (Wildman–Crippen LogP) is 9.78. The molecule has 2 aliphatic carbocycles. The standard InChI is InChI=1S/C41H48ClN3O2/c1-7-44(8-2)31-19-15-29(16-20-31)40(37-24-21-32(27-38(37)42)45(9-3)10-4)36-25-26-39(35-14-12-11-13-34(35)36)43-30-17-22-33(23-18-30)47-41(46)28(5)6/h11-16,19-21,24-27,30,33H,5,7-10,17-18,22-23H2,1-4,6H3/b40-36-,43-39?. The van der Waals surface area contributed by atoms with Crippen molar-refractivity contribution in [2.45, 2.75) is 72.4 Å². The Hall–Kier alpha value is -4.09. The Balaban J connectivity index is 1.56. The first-order chi connectivity index (χ1) is 22.8. The van der Waals surface area contributed by atoms with Crippen molar-refractivity contribution in [2.24, 2.45) is 4.99 Å². The fraction of sp³-hybridized carbons (Fsp3) is 0.366. The van der Waals surface area contributed by atoms with Crippen molar-refractivity contribution in [3.8, 4) is 0 Å². The van der Waals surface area contributed by atoms with E-state index < -0.39 is 0 Å². The number of halogens is 1. The number of ether oxygens (including phenoxy) is 1. The van der Waals surface area contributed by atoms with Gasteiger partial charge in [-0.2, -0.15) is 0 Å². The second-order valence-corrected chi connectivity index (χ2v) is 12.8. The van der Waals surface area contributed by atoms with Crippen molar-refractivity contribution < 1.29 is 9.53 Å². The van der Waals surface area contributed by atoms with Gasteiger partial charge < -0.3 is 14.5 Å². The maximum Gasteiger partial charge on any atom is 0.333 e. The highest BCUT2D eigenvalue weighted by molar-refractivity contribution is 6.33. The topological polar surface area (TPSA) is 45.1 Å². The van der Waals surface area contributed by atoms with Crippen LogP contribution in [0.5, 0.6) is 0 Å². The molecule has 0 radical (unpaired) electrons. The van der Waals surface area contributed by atoms with Gasteiger partial charge in [0, 0.05) is 54.3 Å². The van der Waals surface area contributed by atoms with E-state index in [1.54, 1.807) is 6.92 Å². The number of rotatable bonds is 11. The van der Waals surface area contributed by atoms with E-state index in [9.17, 15) is 4.79 Å². The molecule has 1 fully saturated rings. The summed E-state index contributed by atoms with van der Waals surface area (Å²) in [5, 5.41) is 0.735. The van der Waals surface area contributed by atoms with Gasteiger partial charge in [-0.25, -0.2) is 4.79 Å². The third-order valence-corrected chi connectivity index (χ3v) is 9.71. The number of hydrogen-bond acceptors (Lipinski definition) is 5. The lowest BCUT2D eigenvalue weighted by Crippen LogP contribution is -2.27. The van der Waals surface area contributed by atoms with E-state index in [0.29, 0.717) is 5.57 Å². The van der Waals surface area contributed by atoms with Crippen molar-refractivity contribution in [1.82, 2.24) is 0 Å². The number of nitrogens with zero attached hydrogens (tertiary/aromatic N) is 3. The number of anilines is 2. The zero-order chi connectivity index (χ0) is 33.5. The smallest absolute Gasteiger partial charge is 0.333 e. The monoisotopic (exact) mass is 649 g/mol. The number of hydrogen-bond donors (Lipinski definition) is 0. The summed E-state index contributed by atoms with van der Waals surface area (Å²) in [6.07, 6.45) is 7.70. The summed E-state index contributed by atoms with van der Waals surface area (Å²) in [6.45, 7) is 17.9. The number of aliphatic imine (C=N–C) groups is 1. The number of carbonyl (C=O) groups is 1. The summed E-state index contributed by atoms with van der Waals surface area (Å²) in [7, 11) is 0. The summed E-state index contributed by atoms with van der Waals surface area (Å²) in [5.41, 5.74) is 10.4. The van der Waals surface area contributed by atoms with Gasteiger partial charge in [-0.15, -0.1) is 0 Å². The van der Waals surface area contributed by atoms with E-state index in [1.165, 1.54) is 5.69 Å². The molecule has 0 unspecified atom stereocenters. The fourth-order valence-corrected chi connectivity index (χ4v) is 7.00. The SMILES string of the molecule is C=C(C)C(=O)OC1CCC(N=C2C=C/C(=C(\c3ccc(N(CC)CC)cc3)c3ccc(N(CC)CC)cc3Cl)c3ccccc32)CC1. The molecule has 0 bridgehead atoms. The van der Waals surface area contributed by atoms with Crippen LogP contribution >= 0.6 is 11.6 Å². The van der Waals surface area contributed by atoms with Gasteiger partial charge in [-0.3, -0.25) is 4.99 Å². The Bertz CT molecular complexity index is 1670. The normalized spacial score (nSPS) is 19.2. The highest BCUT2D eigenvalue weighted by Crippen LogP contribution is 2.41. The molecular formula is C41H48ClN3O2. The minimum atomic E-state index is -0.301. The highest BCUT2D eigenvalue weighted by atomic mass is 35.5. The van der Waals surface area contributed by atoms with Gasteiger partial charge >= 0.3 is 5.97 Å². The molecule has 0 aromatic heterocycles. The number of fused-ring (bicyclic) bond motifs is 1. The Morgan fingerprint density at radius 1 is 0.830 bits per heavy atom. The molecule has 0 saturated heterocycles. The molecule has 0 N–H and O–H groups in total. The van der Waals surface area contributed by atoms with Gasteiger partial charge in [0.15, 0.2) is 0 Å². The van der Waals surface area contributed by atoms with E-state index in [1.807, 2.05) is 0 Å². The number of benzene rings is 3. The molecule has 1 saturated carbocycles. The molecule has 5 nitrogen and oxygen atoms in total. The zero-order valence-electron chi connectivity index (χ0n) is 28.6. The highest BCUT2D eigenvalue weighted by Gasteiger charge is 2.26. The largest absolute Gasteiger partial charge is 0.459 e. The fourth-order valence-electron chi connectivity index (χ4n) is 6.73. The van der Waals surface area contributed by atoms with Crippen molar-refractivity contribution in [3.63, 3.8) is 0 Å². The lowest BCUT2D eigenvalue weighted by Gasteiger charge is -2.28. The number of allylic oxidation sites excluding steroid dienone is 3. The lowest BCUT2D eigenvalue weighted by atomic mass is 9.83. The van der Waals surface area contributed by atoms with E-state index in [4.69, 9.17) is 21.3 Å². The average Bonchev–Trinajstić information content (AvgIpc) is 3.09. The van der Waals surface area contributed by atoms with Crippen LogP contribution in [0, 0.1) is 0 Å². The first kappa shape index (κ1) is 34.3. The quantitative estimate of drug-likeness (QED) is 0.153. The molecule has 0 heterocycles. The third kappa shape index (κ3) is 7.73. The van der Waals surface area contributed by atoms with E-state index in [0.717, 1.165) is 102 Å². The van der Waals surface area contributed by atoms with Crippen molar-refractivity contribution >= 4 is 45.8 Å². The van der Waals surface area contributed by atoms with E-state index >= 15 is 0 Å². The predicted molar refractivity (Wildman–Crippen MR) is 200 cm³/mol. The maximum absolute atomic E-state index is 12.0. The molecule has 3 aromatic carbocycles. The van der Waals surface area contributed by atoms with Crippen LogP contribution in [-0.4, -0.2) is 50.0 Å². The van der Waals surface area contributed by atoms with Crippen molar-refractivity contribution in [2.75, 3.05) is 36.0 Å². The lowest BCUT2D eigenvalue weighted by molar-refractivity contribution is -0.145. The molecule has 0 spiro atoms. The van der Waals surface area contributed by atoms with E-state index in [-0.39, 0.29) is 18.1 Å². The Labute approximate surface area is 286 Å². The minimum Gasteiger partial charge on any atom is -0.459 e. The second kappa shape index (κ2) is 15.7. The van der Waals surface area contributed by atoms with Crippen LogP contribution in [0.25, 0.3) is 11.1 Å². The average molecular weight is 650 g/mol. The molecule has 5 rings (SSSR count). The number of esters is 1. The van der Waals surface area contributed by atoms with Crippen molar-refractivity contribution in [1.29, 1.82) is 0 Å². The molecule has 0 amide bonds. The van der Waals surface area contributed by atoms with Gasteiger partial charge in [0.05, 0.1) is 16.8 Å². The minimum absolute atomic E-state index is 0.0621. The first-order valence-electron chi connectivity index (χ1n) is 17.1. The van der Waals surface area contributed by atoms with Gasteiger partial charge in [0.25, 0.3) is 0 Å². The van der Waals surface area contributed by atoms with Crippen LogP contribution in [0.4, 0.5) is 11.4 Å². The van der Waals surface area contributed by atoms with Crippen LogP contribution < -0.4 is 9.80 Å². The van der Waals surface area contributed by atoms with Gasteiger partial charge in [0.2, 0.25) is 0 Å². The van der Waals surface area contributed by atoms with Crippen molar-refractivity contribution in [3.05, 3.63) is 118 Å². The Kier molecular flexibility index (Phi) is 11.4. The van der Waals surface area contributed by atoms with E-state index in [2.05, 4.69) is 123 Å². The zero-order valence-corrected chi connectivity index (χ0v) is 29.3. The summed E-state index contributed by atoms with van der Waals surface area (Å²) in [4.78, 5) is 22.0. The molecule has 246 valence electrons.